The highest BCUT2D eigenvalue weighted by molar-refractivity contribution is 8.00. The number of carbonyl (C=O) groups is 1. The molecule has 0 radical (unpaired) electrons. The van der Waals surface area contributed by atoms with Gasteiger partial charge < -0.3 is 14.7 Å². The number of methoxy groups -OCH3 is 1. The first-order valence-electron chi connectivity index (χ1n) is 10.5. The van der Waals surface area contributed by atoms with Gasteiger partial charge in [-0.2, -0.15) is 0 Å². The molecule has 166 valence electrons. The van der Waals surface area contributed by atoms with E-state index in [0.717, 1.165) is 32.4 Å². The maximum Gasteiger partial charge on any atom is 0.348 e. The Morgan fingerprint density at radius 3 is 2.72 bits per heavy atom. The summed E-state index contributed by atoms with van der Waals surface area (Å²) in [7, 11) is 1.65. The van der Waals surface area contributed by atoms with Crippen LogP contribution in [-0.2, 0) is 16.9 Å². The van der Waals surface area contributed by atoms with Gasteiger partial charge in [-0.15, -0.1) is 23.1 Å². The molecule has 32 heavy (non-hydrogen) atoms. The summed E-state index contributed by atoms with van der Waals surface area (Å²) in [6.07, 6.45) is 1.27. The van der Waals surface area contributed by atoms with Gasteiger partial charge in [0.1, 0.15) is 10.6 Å². The first kappa shape index (κ1) is 22.4. The number of oxime groups is 1. The lowest BCUT2D eigenvalue weighted by molar-refractivity contribution is 0.0530. The van der Waals surface area contributed by atoms with Gasteiger partial charge in [0.15, 0.2) is 0 Å². The third-order valence-electron chi connectivity index (χ3n) is 5.51. The molecule has 5 nitrogen and oxygen atoms in total. The largest absolute Gasteiger partial charge is 0.497 e. The number of rotatable bonds is 7. The van der Waals surface area contributed by atoms with Crippen molar-refractivity contribution in [1.29, 1.82) is 0 Å². The maximum atomic E-state index is 12.8. The van der Waals surface area contributed by atoms with Crippen molar-refractivity contribution < 1.29 is 19.5 Å². The van der Waals surface area contributed by atoms with E-state index in [9.17, 15) is 10.0 Å². The average molecular weight is 468 g/mol. The Morgan fingerprint density at radius 1 is 1.19 bits per heavy atom. The van der Waals surface area contributed by atoms with Crippen molar-refractivity contribution in [2.75, 3.05) is 13.7 Å². The Bertz CT molecular complexity index is 1120. The zero-order chi connectivity index (χ0) is 22.5. The van der Waals surface area contributed by atoms with Crippen molar-refractivity contribution in [3.8, 4) is 5.75 Å². The van der Waals surface area contributed by atoms with Gasteiger partial charge in [0.2, 0.25) is 0 Å². The predicted molar refractivity (Wildman–Crippen MR) is 129 cm³/mol. The van der Waals surface area contributed by atoms with Gasteiger partial charge in [0.05, 0.1) is 23.6 Å². The van der Waals surface area contributed by atoms with E-state index in [1.165, 1.54) is 16.9 Å². The quantitative estimate of drug-likeness (QED) is 0.196. The fourth-order valence-corrected chi connectivity index (χ4v) is 6.51. The van der Waals surface area contributed by atoms with Crippen LogP contribution in [0, 0.1) is 0 Å². The molecule has 1 unspecified atom stereocenters. The van der Waals surface area contributed by atoms with Crippen LogP contribution in [0.25, 0.3) is 0 Å². The van der Waals surface area contributed by atoms with Gasteiger partial charge in [0.25, 0.3) is 0 Å². The number of esters is 1. The third kappa shape index (κ3) is 4.69. The second kappa shape index (κ2) is 10.2. The number of hydrogen-bond donors (Lipinski definition) is 1. The van der Waals surface area contributed by atoms with Gasteiger partial charge in [-0.1, -0.05) is 47.6 Å². The van der Waals surface area contributed by atoms with Gasteiger partial charge in [0, 0.05) is 17.7 Å². The van der Waals surface area contributed by atoms with E-state index in [-0.39, 0.29) is 11.9 Å². The molecular weight excluding hydrogens is 442 g/mol. The molecule has 0 spiro atoms. The van der Waals surface area contributed by atoms with Crippen LogP contribution in [0.2, 0.25) is 0 Å². The Morgan fingerprint density at radius 2 is 2.00 bits per heavy atom. The van der Waals surface area contributed by atoms with Crippen LogP contribution in [0.15, 0.2) is 64.0 Å². The summed E-state index contributed by atoms with van der Waals surface area (Å²) in [5.41, 5.74) is 4.71. The van der Waals surface area contributed by atoms with Crippen LogP contribution < -0.4 is 4.74 Å². The monoisotopic (exact) mass is 467 g/mol. The number of thiophene rings is 1. The smallest absolute Gasteiger partial charge is 0.348 e. The maximum absolute atomic E-state index is 12.8. The highest BCUT2D eigenvalue weighted by Gasteiger charge is 2.34. The summed E-state index contributed by atoms with van der Waals surface area (Å²) in [5, 5.41) is 13.6. The molecule has 0 aliphatic heterocycles. The highest BCUT2D eigenvalue weighted by Crippen LogP contribution is 2.45. The summed E-state index contributed by atoms with van der Waals surface area (Å²) in [5.74, 6) is 1.32. The van der Waals surface area contributed by atoms with Gasteiger partial charge >= 0.3 is 5.97 Å². The van der Waals surface area contributed by atoms with Gasteiger partial charge in [-0.05, 0) is 48.1 Å². The second-order valence-corrected chi connectivity index (χ2v) is 9.76. The molecule has 0 bridgehead atoms. The lowest BCUT2D eigenvalue weighted by Crippen LogP contribution is -2.21. The number of nitrogens with zero attached hydrogens (tertiary/aromatic N) is 1. The molecule has 1 heterocycles. The topological polar surface area (TPSA) is 68.1 Å². The molecule has 0 fully saturated rings. The molecule has 0 saturated heterocycles. The SMILES string of the molecule is CCOC(=O)c1sc(SCc2ccccc2)c2c1CC(c1cccc(OC)c1)C/C2=N\O. The third-order valence-corrected chi connectivity index (χ3v) is 8.07. The van der Waals surface area contributed by atoms with E-state index in [2.05, 4.69) is 23.4 Å². The summed E-state index contributed by atoms with van der Waals surface area (Å²) in [6.45, 7) is 2.13. The number of carbonyl (C=O) groups excluding carboxylic acids is 1. The van der Waals surface area contributed by atoms with Crippen molar-refractivity contribution in [2.45, 2.75) is 35.6 Å². The van der Waals surface area contributed by atoms with E-state index < -0.39 is 0 Å². The molecule has 1 aromatic heterocycles. The minimum absolute atomic E-state index is 0.0817. The standard InChI is InChI=1S/C25H25NO4S2/c1-3-30-24(27)23-20-13-18(17-10-7-11-19(12-17)29-2)14-21(26-28)22(20)25(32-23)31-15-16-8-5-4-6-9-16/h4-12,18,28H,3,13-15H2,1-2H3/b26-21+. The zero-order valence-electron chi connectivity index (χ0n) is 18.0. The molecule has 4 rings (SSSR count). The van der Waals surface area contributed by atoms with E-state index in [1.54, 1.807) is 18.9 Å². The van der Waals surface area contributed by atoms with Crippen molar-refractivity contribution in [1.82, 2.24) is 0 Å². The Kier molecular flexibility index (Phi) is 7.17. The zero-order valence-corrected chi connectivity index (χ0v) is 19.7. The lowest BCUT2D eigenvalue weighted by Gasteiger charge is -2.25. The molecule has 1 aliphatic rings. The van der Waals surface area contributed by atoms with E-state index in [1.807, 2.05) is 43.3 Å². The summed E-state index contributed by atoms with van der Waals surface area (Å²) in [4.78, 5) is 13.4. The number of thioether (sulfide) groups is 1. The molecule has 0 saturated carbocycles. The molecular formula is C25H25NO4S2. The first-order valence-corrected chi connectivity index (χ1v) is 12.3. The van der Waals surface area contributed by atoms with E-state index in [0.29, 0.717) is 30.0 Å². The molecule has 2 aromatic carbocycles. The summed E-state index contributed by atoms with van der Waals surface area (Å²) in [6, 6.07) is 18.1. The number of benzene rings is 2. The fraction of sp³-hybridized carbons (Fsp3) is 0.280. The minimum Gasteiger partial charge on any atom is -0.497 e. The molecule has 1 N–H and O–H groups in total. The van der Waals surface area contributed by atoms with Gasteiger partial charge in [-0.25, -0.2) is 4.79 Å². The van der Waals surface area contributed by atoms with Crippen LogP contribution in [-0.4, -0.2) is 30.6 Å². The Labute approximate surface area is 196 Å². The lowest BCUT2D eigenvalue weighted by atomic mass is 9.80. The molecule has 1 atom stereocenters. The molecule has 1 aliphatic carbocycles. The highest BCUT2D eigenvalue weighted by atomic mass is 32.2. The van der Waals surface area contributed by atoms with Crippen LogP contribution in [0.1, 0.15) is 51.2 Å². The summed E-state index contributed by atoms with van der Waals surface area (Å²) < 4.78 is 11.7. The van der Waals surface area contributed by atoms with E-state index in [4.69, 9.17) is 9.47 Å². The molecule has 7 heteroatoms. The van der Waals surface area contributed by atoms with Crippen LogP contribution >= 0.6 is 23.1 Å². The second-order valence-electron chi connectivity index (χ2n) is 7.50. The number of fused-ring (bicyclic) bond motifs is 1. The van der Waals surface area contributed by atoms with Crippen molar-refractivity contribution in [2.24, 2.45) is 5.16 Å². The molecule has 3 aromatic rings. The number of ether oxygens (including phenoxy) is 2. The van der Waals surface area contributed by atoms with Gasteiger partial charge in [-0.3, -0.25) is 0 Å². The Balaban J connectivity index is 1.72. The van der Waals surface area contributed by atoms with Crippen molar-refractivity contribution >= 4 is 34.8 Å². The van der Waals surface area contributed by atoms with Crippen LogP contribution in [0.4, 0.5) is 0 Å². The predicted octanol–water partition coefficient (Wildman–Crippen LogP) is 6.13. The van der Waals surface area contributed by atoms with Crippen LogP contribution in [0.3, 0.4) is 0 Å². The fourth-order valence-electron chi connectivity index (χ4n) is 3.99. The summed E-state index contributed by atoms with van der Waals surface area (Å²) >= 11 is 3.10. The number of hydrogen-bond acceptors (Lipinski definition) is 7. The Hall–Kier alpha value is -2.77. The molecule has 0 amide bonds. The first-order chi connectivity index (χ1) is 15.6. The van der Waals surface area contributed by atoms with Crippen LogP contribution in [0.5, 0.6) is 5.75 Å². The van der Waals surface area contributed by atoms with E-state index >= 15 is 0 Å². The normalized spacial score (nSPS) is 16.6. The minimum atomic E-state index is -0.316. The van der Waals surface area contributed by atoms with Crippen molar-refractivity contribution in [3.63, 3.8) is 0 Å². The average Bonchev–Trinajstić information content (AvgIpc) is 3.22. The van der Waals surface area contributed by atoms with Crippen molar-refractivity contribution in [3.05, 3.63) is 81.7 Å².